The third kappa shape index (κ3) is 2.24. The van der Waals surface area contributed by atoms with Gasteiger partial charge in [0.05, 0.1) is 0 Å². The summed E-state index contributed by atoms with van der Waals surface area (Å²) >= 11 is 0. The fourth-order valence-electron chi connectivity index (χ4n) is 2.06. The Morgan fingerprint density at radius 3 is 2.76 bits per heavy atom. The zero-order valence-corrected chi connectivity index (χ0v) is 10.2. The lowest BCUT2D eigenvalue weighted by atomic mass is 10.0. The van der Waals surface area contributed by atoms with Gasteiger partial charge in [-0.1, -0.05) is 25.1 Å². The maximum Gasteiger partial charge on any atom is 0.199 e. The van der Waals surface area contributed by atoms with Gasteiger partial charge in [-0.15, -0.1) is 0 Å². The zero-order valence-electron chi connectivity index (χ0n) is 10.2. The molecule has 2 aromatic rings. The minimum atomic E-state index is -0.139. The van der Waals surface area contributed by atoms with Crippen molar-refractivity contribution in [3.05, 3.63) is 35.6 Å². The van der Waals surface area contributed by atoms with Crippen molar-refractivity contribution in [2.75, 3.05) is 0 Å². The first kappa shape index (κ1) is 11.9. The Kier molecular flexibility index (Phi) is 3.29. The molecule has 0 saturated carbocycles. The number of aryl methyl sites for hydroxylation is 1. The van der Waals surface area contributed by atoms with E-state index in [2.05, 4.69) is 0 Å². The quantitative estimate of drug-likeness (QED) is 0.823. The second-order valence-corrected chi connectivity index (χ2v) is 4.36. The average molecular weight is 231 g/mol. The average Bonchev–Trinajstić information content (AvgIpc) is 2.66. The molecule has 0 fully saturated rings. The Morgan fingerprint density at radius 2 is 2.12 bits per heavy atom. The first-order valence-electron chi connectivity index (χ1n) is 5.92. The lowest BCUT2D eigenvalue weighted by Gasteiger charge is -2.03. The van der Waals surface area contributed by atoms with Crippen LogP contribution in [0, 0.1) is 0 Å². The number of hydrogen-bond acceptors (Lipinski definition) is 3. The van der Waals surface area contributed by atoms with Gasteiger partial charge >= 0.3 is 0 Å². The number of fused-ring (bicyclic) bond motifs is 1. The molecule has 0 radical (unpaired) electrons. The van der Waals surface area contributed by atoms with Crippen LogP contribution in [0.15, 0.2) is 28.7 Å². The van der Waals surface area contributed by atoms with E-state index < -0.39 is 0 Å². The zero-order chi connectivity index (χ0) is 12.4. The number of hydrogen-bond donors (Lipinski definition) is 1. The molecular formula is C14H17NO2. The van der Waals surface area contributed by atoms with E-state index in [1.807, 2.05) is 38.1 Å². The summed E-state index contributed by atoms with van der Waals surface area (Å²) in [6, 6.07) is 7.60. The van der Waals surface area contributed by atoms with Crippen molar-refractivity contribution in [3.8, 4) is 0 Å². The van der Waals surface area contributed by atoms with Gasteiger partial charge < -0.3 is 10.2 Å². The number of Topliss-reactive ketones (excluding diaryl/α,β-unsaturated/α-hetero) is 1. The van der Waals surface area contributed by atoms with Crippen molar-refractivity contribution in [2.24, 2.45) is 5.73 Å². The fraction of sp³-hybridized carbons (Fsp3) is 0.357. The van der Waals surface area contributed by atoms with E-state index in [1.54, 1.807) is 0 Å². The summed E-state index contributed by atoms with van der Waals surface area (Å²) in [6.07, 6.45) is 1.11. The summed E-state index contributed by atoms with van der Waals surface area (Å²) in [4.78, 5) is 12.0. The Morgan fingerprint density at radius 1 is 1.41 bits per heavy atom. The van der Waals surface area contributed by atoms with Gasteiger partial charge in [0.2, 0.25) is 0 Å². The molecule has 3 nitrogen and oxygen atoms in total. The van der Waals surface area contributed by atoms with Crippen LogP contribution in [0.3, 0.4) is 0 Å². The highest BCUT2D eigenvalue weighted by molar-refractivity contribution is 6.00. The summed E-state index contributed by atoms with van der Waals surface area (Å²) < 4.78 is 5.65. The molecule has 2 N–H and O–H groups in total. The minimum Gasteiger partial charge on any atom is -0.453 e. The van der Waals surface area contributed by atoms with E-state index in [1.165, 1.54) is 0 Å². The number of carbonyl (C=O) groups excluding carboxylic acids is 1. The standard InChI is InChI=1S/C14H17NO2/c1-3-10-11-6-4-5-7-13(11)17-14(10)12(16)8-9(2)15/h4-7,9H,3,8,15H2,1-2H3. The third-order valence-electron chi connectivity index (χ3n) is 2.81. The van der Waals surface area contributed by atoms with Crippen molar-refractivity contribution in [1.29, 1.82) is 0 Å². The monoisotopic (exact) mass is 231 g/mol. The van der Waals surface area contributed by atoms with Gasteiger partial charge in [-0.2, -0.15) is 0 Å². The molecular weight excluding hydrogens is 214 g/mol. The second kappa shape index (κ2) is 4.72. The molecule has 3 heteroatoms. The van der Waals surface area contributed by atoms with Crippen LogP contribution in [0.4, 0.5) is 0 Å². The number of furan rings is 1. The van der Waals surface area contributed by atoms with E-state index in [4.69, 9.17) is 10.2 Å². The molecule has 0 amide bonds. The van der Waals surface area contributed by atoms with Gasteiger partial charge in [0.25, 0.3) is 0 Å². The lowest BCUT2D eigenvalue weighted by molar-refractivity contribution is 0.0950. The molecule has 90 valence electrons. The molecule has 0 aliphatic carbocycles. The minimum absolute atomic E-state index is 0.00644. The summed E-state index contributed by atoms with van der Waals surface area (Å²) in [5, 5.41) is 1.03. The highest BCUT2D eigenvalue weighted by Crippen LogP contribution is 2.27. The van der Waals surface area contributed by atoms with E-state index in [9.17, 15) is 4.79 Å². The molecule has 1 aromatic heterocycles. The van der Waals surface area contributed by atoms with Crippen molar-refractivity contribution in [1.82, 2.24) is 0 Å². The third-order valence-corrected chi connectivity index (χ3v) is 2.81. The van der Waals surface area contributed by atoms with Crippen LogP contribution >= 0.6 is 0 Å². The molecule has 0 aliphatic heterocycles. The smallest absolute Gasteiger partial charge is 0.199 e. The molecule has 1 unspecified atom stereocenters. The van der Waals surface area contributed by atoms with Gasteiger partial charge in [-0.3, -0.25) is 4.79 Å². The normalized spacial score (nSPS) is 12.9. The molecule has 0 saturated heterocycles. The number of nitrogens with two attached hydrogens (primary N) is 1. The van der Waals surface area contributed by atoms with Crippen molar-refractivity contribution in [2.45, 2.75) is 32.7 Å². The topological polar surface area (TPSA) is 56.2 Å². The maximum atomic E-state index is 12.0. The van der Waals surface area contributed by atoms with Crippen LogP contribution in [-0.4, -0.2) is 11.8 Å². The first-order chi connectivity index (χ1) is 8.13. The molecule has 0 spiro atoms. The van der Waals surface area contributed by atoms with Crippen LogP contribution in [0.25, 0.3) is 11.0 Å². The van der Waals surface area contributed by atoms with Gasteiger partial charge in [-0.05, 0) is 19.4 Å². The van der Waals surface area contributed by atoms with Crippen molar-refractivity contribution < 1.29 is 9.21 Å². The fourth-order valence-corrected chi connectivity index (χ4v) is 2.06. The molecule has 1 atom stereocenters. The Balaban J connectivity index is 2.49. The molecule has 2 rings (SSSR count). The van der Waals surface area contributed by atoms with Crippen LogP contribution in [0.2, 0.25) is 0 Å². The summed E-state index contributed by atoms with van der Waals surface area (Å²) in [5.74, 6) is 0.471. The Labute approximate surface area is 101 Å². The van der Waals surface area contributed by atoms with Crippen LogP contribution in [-0.2, 0) is 6.42 Å². The summed E-state index contributed by atoms with van der Waals surface area (Å²) in [7, 11) is 0. The SMILES string of the molecule is CCc1c(C(=O)CC(C)N)oc2ccccc12. The van der Waals surface area contributed by atoms with Gasteiger partial charge in [0, 0.05) is 23.4 Å². The van der Waals surface area contributed by atoms with E-state index >= 15 is 0 Å². The predicted octanol–water partition coefficient (Wildman–Crippen LogP) is 2.92. The van der Waals surface area contributed by atoms with E-state index in [0.717, 1.165) is 23.0 Å². The molecule has 0 bridgehead atoms. The number of rotatable bonds is 4. The number of para-hydroxylation sites is 1. The van der Waals surface area contributed by atoms with Gasteiger partial charge in [0.1, 0.15) is 5.58 Å². The Bertz CT molecular complexity index is 540. The Hall–Kier alpha value is -1.61. The van der Waals surface area contributed by atoms with E-state index in [-0.39, 0.29) is 11.8 Å². The second-order valence-electron chi connectivity index (χ2n) is 4.36. The lowest BCUT2D eigenvalue weighted by Crippen LogP contribution is -2.19. The summed E-state index contributed by atoms with van der Waals surface area (Å²) in [6.45, 7) is 3.85. The van der Waals surface area contributed by atoms with Crippen molar-refractivity contribution in [3.63, 3.8) is 0 Å². The molecule has 0 aliphatic rings. The van der Waals surface area contributed by atoms with Crippen LogP contribution < -0.4 is 5.73 Å². The number of benzene rings is 1. The van der Waals surface area contributed by atoms with Gasteiger partial charge in [0.15, 0.2) is 11.5 Å². The highest BCUT2D eigenvalue weighted by atomic mass is 16.3. The number of carbonyl (C=O) groups is 1. The highest BCUT2D eigenvalue weighted by Gasteiger charge is 2.19. The van der Waals surface area contributed by atoms with Crippen molar-refractivity contribution >= 4 is 16.8 Å². The van der Waals surface area contributed by atoms with Gasteiger partial charge in [-0.25, -0.2) is 0 Å². The first-order valence-corrected chi connectivity index (χ1v) is 5.92. The molecule has 1 aromatic carbocycles. The number of ketones is 1. The predicted molar refractivity (Wildman–Crippen MR) is 68.2 cm³/mol. The summed E-state index contributed by atoms with van der Waals surface area (Å²) in [5.41, 5.74) is 7.42. The van der Waals surface area contributed by atoms with Crippen LogP contribution in [0.1, 0.15) is 36.4 Å². The molecule has 17 heavy (non-hydrogen) atoms. The van der Waals surface area contributed by atoms with E-state index in [0.29, 0.717) is 12.2 Å². The largest absolute Gasteiger partial charge is 0.453 e. The molecule has 1 heterocycles. The van der Waals surface area contributed by atoms with Crippen LogP contribution in [0.5, 0.6) is 0 Å². The maximum absolute atomic E-state index is 12.0.